The first-order chi connectivity index (χ1) is 19.5. The molecule has 0 saturated carbocycles. The minimum atomic E-state index is -4.18. The number of benzene rings is 3. The maximum atomic E-state index is 14.1. The van der Waals surface area contributed by atoms with Gasteiger partial charge in [-0.1, -0.05) is 67.7 Å². The zero-order valence-electron chi connectivity index (χ0n) is 23.9. The van der Waals surface area contributed by atoms with Crippen LogP contribution in [-0.2, 0) is 26.2 Å². The molecule has 3 aromatic carbocycles. The van der Waals surface area contributed by atoms with E-state index in [1.54, 1.807) is 36.4 Å². The number of carbonyl (C=O) groups excluding carboxylic acids is 2. The Bertz CT molecular complexity index is 1460. The van der Waals surface area contributed by atoms with Gasteiger partial charge in [-0.2, -0.15) is 0 Å². The number of nitrogens with zero attached hydrogens (tertiary/aromatic N) is 2. The molecule has 3 aromatic rings. The lowest BCUT2D eigenvalue weighted by Gasteiger charge is -2.33. The fraction of sp³-hybridized carbons (Fsp3) is 0.355. The van der Waals surface area contributed by atoms with Crippen molar-refractivity contribution in [3.8, 4) is 0 Å². The lowest BCUT2D eigenvalue weighted by molar-refractivity contribution is -0.140. The molecule has 3 rings (SSSR count). The number of anilines is 1. The van der Waals surface area contributed by atoms with Crippen molar-refractivity contribution in [2.45, 2.75) is 64.4 Å². The van der Waals surface area contributed by atoms with E-state index in [0.717, 1.165) is 28.3 Å². The summed E-state index contributed by atoms with van der Waals surface area (Å²) in [6.07, 6.45) is 2.05. The number of halogens is 2. The van der Waals surface area contributed by atoms with Crippen LogP contribution in [0.3, 0.4) is 0 Å². The Labute approximate surface area is 253 Å². The molecule has 0 unspecified atom stereocenters. The second-order valence-corrected chi connectivity index (χ2v) is 12.6. The summed E-state index contributed by atoms with van der Waals surface area (Å²) in [5.74, 6) is -0.821. The molecule has 0 fully saturated rings. The van der Waals surface area contributed by atoms with E-state index in [0.29, 0.717) is 34.3 Å². The Morgan fingerprint density at radius 2 is 1.61 bits per heavy atom. The number of rotatable bonds is 13. The second kappa shape index (κ2) is 14.7. The van der Waals surface area contributed by atoms with Crippen LogP contribution in [0, 0.1) is 13.8 Å². The monoisotopic (exact) mass is 617 g/mol. The summed E-state index contributed by atoms with van der Waals surface area (Å²) < 4.78 is 29.0. The van der Waals surface area contributed by atoms with E-state index in [9.17, 15) is 18.0 Å². The van der Waals surface area contributed by atoms with E-state index in [4.69, 9.17) is 23.2 Å². The Kier molecular flexibility index (Phi) is 11.6. The lowest BCUT2D eigenvalue weighted by Crippen LogP contribution is -2.52. The van der Waals surface area contributed by atoms with E-state index in [1.165, 1.54) is 29.2 Å². The summed E-state index contributed by atoms with van der Waals surface area (Å²) in [7, 11) is -4.18. The van der Waals surface area contributed by atoms with Crippen LogP contribution in [0.5, 0.6) is 0 Å². The van der Waals surface area contributed by atoms with Gasteiger partial charge in [0.05, 0.1) is 10.6 Å². The average Bonchev–Trinajstić information content (AvgIpc) is 2.94. The lowest BCUT2D eigenvalue weighted by atomic mass is 10.1. The van der Waals surface area contributed by atoms with Crippen molar-refractivity contribution < 1.29 is 18.0 Å². The first-order valence-corrected chi connectivity index (χ1v) is 15.8. The molecule has 0 radical (unpaired) electrons. The molecule has 0 aliphatic carbocycles. The van der Waals surface area contributed by atoms with Gasteiger partial charge in [0, 0.05) is 23.1 Å². The topological polar surface area (TPSA) is 86.8 Å². The largest absolute Gasteiger partial charge is 0.354 e. The van der Waals surface area contributed by atoms with E-state index in [1.807, 2.05) is 33.8 Å². The molecular formula is C31H37Cl2N3O4S. The van der Waals surface area contributed by atoms with Gasteiger partial charge in [0.2, 0.25) is 11.8 Å². The maximum Gasteiger partial charge on any atom is 0.264 e. The number of hydrogen-bond acceptors (Lipinski definition) is 4. The molecule has 0 saturated heterocycles. The minimum absolute atomic E-state index is 0.00469. The summed E-state index contributed by atoms with van der Waals surface area (Å²) >= 11 is 12.5. The fourth-order valence-electron chi connectivity index (χ4n) is 4.38. The molecule has 0 aliphatic heterocycles. The third-order valence-electron chi connectivity index (χ3n) is 6.97. The van der Waals surface area contributed by atoms with Crippen molar-refractivity contribution in [1.29, 1.82) is 0 Å². The third-order valence-corrected chi connectivity index (χ3v) is 9.38. The van der Waals surface area contributed by atoms with E-state index < -0.39 is 28.5 Å². The summed E-state index contributed by atoms with van der Waals surface area (Å²) in [6.45, 7) is 7.67. The highest BCUT2D eigenvalue weighted by Gasteiger charge is 2.34. The van der Waals surface area contributed by atoms with Crippen LogP contribution in [0.25, 0.3) is 0 Å². The quantitative estimate of drug-likeness (QED) is 0.221. The predicted octanol–water partition coefficient (Wildman–Crippen LogP) is 6.53. The Morgan fingerprint density at radius 1 is 0.927 bits per heavy atom. The molecule has 0 aromatic heterocycles. The number of hydrogen-bond donors (Lipinski definition) is 1. The van der Waals surface area contributed by atoms with E-state index >= 15 is 0 Å². The van der Waals surface area contributed by atoms with Gasteiger partial charge in [-0.25, -0.2) is 8.42 Å². The molecule has 0 bridgehead atoms. The zero-order chi connectivity index (χ0) is 30.2. The maximum absolute atomic E-state index is 14.1. The van der Waals surface area contributed by atoms with Crippen LogP contribution in [0.2, 0.25) is 10.0 Å². The number of sulfonamides is 1. The van der Waals surface area contributed by atoms with Crippen LogP contribution in [0.1, 0.15) is 49.8 Å². The number of nitrogens with one attached hydrogen (secondary N) is 1. The predicted molar refractivity (Wildman–Crippen MR) is 166 cm³/mol. The highest BCUT2D eigenvalue weighted by Crippen LogP contribution is 2.28. The molecule has 41 heavy (non-hydrogen) atoms. The minimum Gasteiger partial charge on any atom is -0.354 e. The van der Waals surface area contributed by atoms with Crippen molar-refractivity contribution in [3.63, 3.8) is 0 Å². The van der Waals surface area contributed by atoms with Crippen LogP contribution in [-0.4, -0.2) is 44.3 Å². The summed E-state index contributed by atoms with van der Waals surface area (Å²) in [4.78, 5) is 28.8. The molecule has 0 heterocycles. The average molecular weight is 619 g/mol. The van der Waals surface area contributed by atoms with Gasteiger partial charge < -0.3 is 10.2 Å². The first kappa shape index (κ1) is 32.4. The van der Waals surface area contributed by atoms with E-state index in [2.05, 4.69) is 5.32 Å². The molecule has 220 valence electrons. The van der Waals surface area contributed by atoms with Gasteiger partial charge >= 0.3 is 0 Å². The number of aryl methyl sites for hydroxylation is 2. The van der Waals surface area contributed by atoms with Gasteiger partial charge in [0.15, 0.2) is 0 Å². The Morgan fingerprint density at radius 3 is 2.22 bits per heavy atom. The van der Waals surface area contributed by atoms with Gasteiger partial charge in [-0.15, -0.1) is 0 Å². The standard InChI is InChI=1S/C31H37Cl2N3O4S/c1-5-7-18-34-31(38)29(6-2)35(20-24-10-8-9-11-28(24)33)30(37)21-36(26-15-12-22(3)23(4)19-26)41(39,40)27-16-13-25(32)14-17-27/h8-17,19,29H,5-7,18,20-21H2,1-4H3,(H,34,38)/t29-/m1/s1. The highest BCUT2D eigenvalue weighted by atomic mass is 35.5. The molecule has 1 N–H and O–H groups in total. The third kappa shape index (κ3) is 8.24. The molecule has 7 nitrogen and oxygen atoms in total. The van der Waals surface area contributed by atoms with Crippen molar-refractivity contribution >= 4 is 50.7 Å². The van der Waals surface area contributed by atoms with Crippen molar-refractivity contribution in [2.24, 2.45) is 0 Å². The molecule has 0 spiro atoms. The first-order valence-electron chi connectivity index (χ1n) is 13.7. The van der Waals surface area contributed by atoms with Gasteiger partial charge in [0.1, 0.15) is 12.6 Å². The molecule has 2 amide bonds. The number of amides is 2. The summed E-state index contributed by atoms with van der Waals surface area (Å²) in [5, 5.41) is 3.76. The number of unbranched alkanes of at least 4 members (excludes halogenated alkanes) is 1. The Hall–Kier alpha value is -3.07. The van der Waals surface area contributed by atoms with Gasteiger partial charge in [-0.3, -0.25) is 13.9 Å². The van der Waals surface area contributed by atoms with Crippen LogP contribution >= 0.6 is 23.2 Å². The molecular weight excluding hydrogens is 581 g/mol. The smallest absolute Gasteiger partial charge is 0.264 e. The van der Waals surface area contributed by atoms with Crippen molar-refractivity contribution in [3.05, 3.63) is 93.5 Å². The highest BCUT2D eigenvalue weighted by molar-refractivity contribution is 7.92. The van der Waals surface area contributed by atoms with Gasteiger partial charge in [-0.05, 0) is 85.8 Å². The summed E-state index contributed by atoms with van der Waals surface area (Å²) in [5.41, 5.74) is 2.86. The van der Waals surface area contributed by atoms with E-state index in [-0.39, 0.29) is 17.3 Å². The summed E-state index contributed by atoms with van der Waals surface area (Å²) in [6, 6.07) is 17.3. The second-order valence-electron chi connectivity index (χ2n) is 9.92. The molecule has 10 heteroatoms. The molecule has 0 aliphatic rings. The SMILES string of the molecule is CCCCNC(=O)[C@@H](CC)N(Cc1ccccc1Cl)C(=O)CN(c1ccc(C)c(C)c1)S(=O)(=O)c1ccc(Cl)cc1. The van der Waals surface area contributed by atoms with Crippen molar-refractivity contribution in [2.75, 3.05) is 17.4 Å². The van der Waals surface area contributed by atoms with Crippen LogP contribution in [0.4, 0.5) is 5.69 Å². The number of carbonyl (C=O) groups is 2. The fourth-order valence-corrected chi connectivity index (χ4v) is 6.11. The van der Waals surface area contributed by atoms with Crippen molar-refractivity contribution in [1.82, 2.24) is 10.2 Å². The molecule has 1 atom stereocenters. The zero-order valence-corrected chi connectivity index (χ0v) is 26.2. The van der Waals surface area contributed by atoms with Gasteiger partial charge in [0.25, 0.3) is 10.0 Å². The Balaban J connectivity index is 2.07. The normalized spacial score (nSPS) is 12.0. The van der Waals surface area contributed by atoms with Crippen LogP contribution in [0.15, 0.2) is 71.6 Å². The van der Waals surface area contributed by atoms with Crippen LogP contribution < -0.4 is 9.62 Å².